The molecule has 0 aliphatic carbocycles. The average molecular weight is 461 g/mol. The van der Waals surface area contributed by atoms with Gasteiger partial charge >= 0.3 is 0 Å². The highest BCUT2D eigenvalue weighted by Gasteiger charge is 2.11. The molecular formula is C27H19N5O3. The molecule has 0 aliphatic heterocycles. The first-order valence-corrected chi connectivity index (χ1v) is 10.8. The fraction of sp³-hybridized carbons (Fsp3) is 0. The van der Waals surface area contributed by atoms with E-state index in [9.17, 15) is 15.2 Å². The number of nitrogens with zero attached hydrogens (tertiary/aromatic N) is 4. The highest BCUT2D eigenvalue weighted by Crippen LogP contribution is 2.29. The molecule has 8 heteroatoms. The van der Waals surface area contributed by atoms with E-state index in [2.05, 4.69) is 20.5 Å². The number of phenolic OH excluding ortho intramolecular Hbond substituents is 1. The zero-order chi connectivity index (χ0) is 24.2. The van der Waals surface area contributed by atoms with Crippen LogP contribution < -0.4 is 5.43 Å². The summed E-state index contributed by atoms with van der Waals surface area (Å²) >= 11 is 0. The third-order valence-corrected chi connectivity index (χ3v) is 5.46. The lowest BCUT2D eigenvalue weighted by Gasteiger charge is -2.09. The van der Waals surface area contributed by atoms with Crippen molar-refractivity contribution in [3.63, 3.8) is 0 Å². The first-order valence-electron chi connectivity index (χ1n) is 10.8. The lowest BCUT2D eigenvalue weighted by atomic mass is 10.0. The summed E-state index contributed by atoms with van der Waals surface area (Å²) in [6, 6.07) is 29.0. The molecule has 0 atom stereocenters. The van der Waals surface area contributed by atoms with E-state index in [1.54, 1.807) is 12.1 Å². The first-order chi connectivity index (χ1) is 17.1. The molecule has 5 aromatic rings. The summed E-state index contributed by atoms with van der Waals surface area (Å²) in [4.78, 5) is 19.8. The number of fused-ring (bicyclic) bond motifs is 1. The van der Waals surface area contributed by atoms with Crippen molar-refractivity contribution in [3.8, 4) is 28.3 Å². The number of nitrogens with one attached hydrogen (secondary N) is 1. The zero-order valence-electron chi connectivity index (χ0n) is 18.4. The maximum Gasteiger partial charge on any atom is 0.270 e. The Kier molecular flexibility index (Phi) is 5.83. The third-order valence-electron chi connectivity index (χ3n) is 5.46. The van der Waals surface area contributed by atoms with Gasteiger partial charge in [0.2, 0.25) is 5.95 Å². The minimum absolute atomic E-state index is 0.000771. The number of rotatable bonds is 6. The number of nitro benzene ring substituents is 1. The number of aromatic hydroxyl groups is 1. The topological polar surface area (TPSA) is 114 Å². The van der Waals surface area contributed by atoms with Crippen LogP contribution >= 0.6 is 0 Å². The molecule has 0 spiro atoms. The Balaban J connectivity index is 1.51. The molecule has 0 saturated heterocycles. The Morgan fingerprint density at radius 1 is 0.829 bits per heavy atom. The number of hydrogen-bond acceptors (Lipinski definition) is 7. The predicted molar refractivity (Wildman–Crippen MR) is 136 cm³/mol. The van der Waals surface area contributed by atoms with Crippen LogP contribution in [0.3, 0.4) is 0 Å². The lowest BCUT2D eigenvalue weighted by Crippen LogP contribution is -2.00. The largest absolute Gasteiger partial charge is 0.507 e. The van der Waals surface area contributed by atoms with Gasteiger partial charge in [0.15, 0.2) is 0 Å². The van der Waals surface area contributed by atoms with Crippen molar-refractivity contribution in [3.05, 3.63) is 113 Å². The fourth-order valence-corrected chi connectivity index (χ4v) is 3.74. The Hall–Kier alpha value is -5.11. The molecule has 0 bridgehead atoms. The van der Waals surface area contributed by atoms with Crippen molar-refractivity contribution < 1.29 is 10.0 Å². The number of anilines is 1. The molecule has 5 rings (SSSR count). The van der Waals surface area contributed by atoms with E-state index in [1.165, 1.54) is 24.4 Å². The van der Waals surface area contributed by atoms with E-state index in [1.807, 2.05) is 66.7 Å². The minimum Gasteiger partial charge on any atom is -0.507 e. The fourth-order valence-electron chi connectivity index (χ4n) is 3.74. The molecule has 4 aromatic carbocycles. The van der Waals surface area contributed by atoms with Crippen LogP contribution in [0.4, 0.5) is 11.6 Å². The molecule has 0 amide bonds. The summed E-state index contributed by atoms with van der Waals surface area (Å²) in [5.41, 5.74) is 6.60. The Labute approximate surface area is 200 Å². The number of aromatic nitrogens is 2. The van der Waals surface area contributed by atoms with E-state index >= 15 is 0 Å². The van der Waals surface area contributed by atoms with Crippen LogP contribution in [-0.2, 0) is 0 Å². The Bertz CT molecular complexity index is 1500. The monoisotopic (exact) mass is 461 g/mol. The smallest absolute Gasteiger partial charge is 0.270 e. The van der Waals surface area contributed by atoms with Gasteiger partial charge in [-0.3, -0.25) is 10.1 Å². The van der Waals surface area contributed by atoms with Gasteiger partial charge in [-0.25, -0.2) is 15.4 Å². The van der Waals surface area contributed by atoms with Crippen LogP contribution in [0.5, 0.6) is 5.75 Å². The molecule has 0 radical (unpaired) electrons. The summed E-state index contributed by atoms with van der Waals surface area (Å²) in [6.45, 7) is 0. The summed E-state index contributed by atoms with van der Waals surface area (Å²) in [7, 11) is 0. The summed E-state index contributed by atoms with van der Waals surface area (Å²) in [6.07, 6.45) is 1.45. The second-order valence-corrected chi connectivity index (χ2v) is 7.72. The number of phenols is 1. The van der Waals surface area contributed by atoms with Crippen LogP contribution in [0.2, 0.25) is 0 Å². The van der Waals surface area contributed by atoms with Crippen molar-refractivity contribution in [2.24, 2.45) is 5.10 Å². The van der Waals surface area contributed by atoms with Crippen LogP contribution in [0.1, 0.15) is 5.56 Å². The zero-order valence-corrected chi connectivity index (χ0v) is 18.4. The molecule has 0 aliphatic rings. The molecule has 0 unspecified atom stereocenters. The van der Waals surface area contributed by atoms with Gasteiger partial charge in [-0.15, -0.1) is 0 Å². The van der Waals surface area contributed by atoms with Crippen molar-refractivity contribution in [2.45, 2.75) is 0 Å². The van der Waals surface area contributed by atoms with Crippen molar-refractivity contribution in [1.29, 1.82) is 0 Å². The van der Waals surface area contributed by atoms with E-state index in [4.69, 9.17) is 0 Å². The highest BCUT2D eigenvalue weighted by atomic mass is 16.6. The number of nitro groups is 1. The standard InChI is InChI=1S/C27H19N5O3/c33-26-14-11-20-15-21(32(34)35)12-13-22(20)23(26)17-28-31-27-29-24(18-7-3-1-4-8-18)16-25(30-27)19-9-5-2-6-10-19/h1-17,33H,(H,29,30,31). The summed E-state index contributed by atoms with van der Waals surface area (Å²) in [5, 5.41) is 27.0. The van der Waals surface area contributed by atoms with Crippen molar-refractivity contribution in [1.82, 2.24) is 9.97 Å². The minimum atomic E-state index is -0.455. The van der Waals surface area contributed by atoms with Gasteiger partial charge in [-0.05, 0) is 29.0 Å². The van der Waals surface area contributed by atoms with Gasteiger partial charge in [-0.1, -0.05) is 66.7 Å². The maximum atomic E-state index is 11.1. The van der Waals surface area contributed by atoms with Crippen molar-refractivity contribution >= 4 is 28.6 Å². The maximum absolute atomic E-state index is 11.1. The quantitative estimate of drug-likeness (QED) is 0.181. The number of non-ortho nitro benzene ring substituents is 1. The molecule has 0 saturated carbocycles. The molecule has 2 N–H and O–H groups in total. The number of hydrazone groups is 1. The second-order valence-electron chi connectivity index (χ2n) is 7.72. The van der Waals surface area contributed by atoms with Crippen LogP contribution in [0, 0.1) is 10.1 Å². The Morgan fingerprint density at radius 2 is 1.46 bits per heavy atom. The normalized spacial score (nSPS) is 11.1. The Morgan fingerprint density at radius 3 is 2.06 bits per heavy atom. The predicted octanol–water partition coefficient (Wildman–Crippen LogP) is 6.02. The molecular weight excluding hydrogens is 442 g/mol. The number of hydrogen-bond donors (Lipinski definition) is 2. The van der Waals surface area contributed by atoms with Crippen LogP contribution in [0.15, 0.2) is 102 Å². The molecule has 1 heterocycles. The van der Waals surface area contributed by atoms with Crippen LogP contribution in [-0.4, -0.2) is 26.2 Å². The van der Waals surface area contributed by atoms with Gasteiger partial charge in [0, 0.05) is 28.8 Å². The molecule has 1 aromatic heterocycles. The first kappa shape index (κ1) is 21.7. The van der Waals surface area contributed by atoms with E-state index in [-0.39, 0.29) is 17.4 Å². The van der Waals surface area contributed by atoms with Gasteiger partial charge in [-0.2, -0.15) is 5.10 Å². The van der Waals surface area contributed by atoms with Crippen molar-refractivity contribution in [2.75, 3.05) is 5.43 Å². The van der Waals surface area contributed by atoms with E-state index in [0.717, 1.165) is 22.5 Å². The average Bonchev–Trinajstić information content (AvgIpc) is 2.90. The summed E-state index contributed by atoms with van der Waals surface area (Å²) < 4.78 is 0. The lowest BCUT2D eigenvalue weighted by molar-refractivity contribution is -0.384. The van der Waals surface area contributed by atoms with E-state index in [0.29, 0.717) is 16.3 Å². The third kappa shape index (κ3) is 4.67. The van der Waals surface area contributed by atoms with Gasteiger partial charge < -0.3 is 5.11 Å². The SMILES string of the molecule is O=[N+]([O-])c1ccc2c(C=NNc3nc(-c4ccccc4)cc(-c4ccccc4)n3)c(O)ccc2c1. The summed E-state index contributed by atoms with van der Waals surface area (Å²) in [5.74, 6) is 0.289. The molecule has 0 fully saturated rings. The molecule has 35 heavy (non-hydrogen) atoms. The molecule has 8 nitrogen and oxygen atoms in total. The van der Waals surface area contributed by atoms with Gasteiger partial charge in [0.1, 0.15) is 5.75 Å². The van der Waals surface area contributed by atoms with Crippen LogP contribution in [0.25, 0.3) is 33.3 Å². The van der Waals surface area contributed by atoms with E-state index < -0.39 is 4.92 Å². The molecule has 170 valence electrons. The van der Waals surface area contributed by atoms with Gasteiger partial charge in [0.05, 0.1) is 22.5 Å². The second kappa shape index (κ2) is 9.40. The highest BCUT2D eigenvalue weighted by molar-refractivity contribution is 6.03. The number of benzene rings is 4. The van der Waals surface area contributed by atoms with Gasteiger partial charge in [0.25, 0.3) is 5.69 Å².